The number of morpholine rings is 1. The van der Waals surface area contributed by atoms with Gasteiger partial charge in [0, 0.05) is 20.1 Å². The molecule has 0 unspecified atom stereocenters. The summed E-state index contributed by atoms with van der Waals surface area (Å²) in [6, 6.07) is 13.5. The highest BCUT2D eigenvalue weighted by molar-refractivity contribution is 6.10. The molecule has 0 spiro atoms. The van der Waals surface area contributed by atoms with Gasteiger partial charge in [-0.3, -0.25) is 9.48 Å². The number of rotatable bonds is 3. The summed E-state index contributed by atoms with van der Waals surface area (Å²) in [6.45, 7) is 3.02. The Morgan fingerprint density at radius 3 is 2.79 bits per heavy atom. The predicted molar refractivity (Wildman–Crippen MR) is 107 cm³/mol. The molecule has 8 nitrogen and oxygen atoms in total. The standard InChI is InChI=1S/C20H20N6O2/c1-24-15-5-3-6-16(25-10-12-28-13-11-25)18(15)19(23-24)22-20(27)17-7-2-4-14-8-9-21-26(14)17/h2-9H,10-13H2,1H3,(H,22,23,27). The number of pyridine rings is 1. The number of carbonyl (C=O) groups is 1. The highest BCUT2D eigenvalue weighted by Crippen LogP contribution is 2.33. The topological polar surface area (TPSA) is 76.7 Å². The number of hydrogen-bond acceptors (Lipinski definition) is 5. The summed E-state index contributed by atoms with van der Waals surface area (Å²) in [4.78, 5) is 15.3. The molecule has 1 fully saturated rings. The number of anilines is 2. The lowest BCUT2D eigenvalue weighted by molar-refractivity contribution is 0.101. The molecule has 28 heavy (non-hydrogen) atoms. The molecule has 8 heteroatoms. The van der Waals surface area contributed by atoms with Crippen LogP contribution < -0.4 is 10.2 Å². The molecular formula is C20H20N6O2. The molecule has 0 radical (unpaired) electrons. The molecule has 1 saturated heterocycles. The Bertz CT molecular complexity index is 1170. The van der Waals surface area contributed by atoms with Crippen LogP contribution in [-0.2, 0) is 11.8 Å². The minimum Gasteiger partial charge on any atom is -0.378 e. The van der Waals surface area contributed by atoms with Gasteiger partial charge in [-0.25, -0.2) is 4.52 Å². The highest BCUT2D eigenvalue weighted by Gasteiger charge is 2.21. The van der Waals surface area contributed by atoms with E-state index >= 15 is 0 Å². The lowest BCUT2D eigenvalue weighted by Crippen LogP contribution is -2.36. The molecule has 142 valence electrons. The molecule has 3 aromatic heterocycles. The first-order valence-electron chi connectivity index (χ1n) is 9.25. The van der Waals surface area contributed by atoms with Gasteiger partial charge in [0.25, 0.3) is 5.91 Å². The van der Waals surface area contributed by atoms with E-state index in [1.807, 2.05) is 37.4 Å². The average molecular weight is 376 g/mol. The largest absolute Gasteiger partial charge is 0.378 e. The molecular weight excluding hydrogens is 356 g/mol. The molecule has 0 aliphatic carbocycles. The second-order valence-electron chi connectivity index (χ2n) is 6.78. The number of hydrogen-bond donors (Lipinski definition) is 1. The Morgan fingerprint density at radius 2 is 1.93 bits per heavy atom. The first-order valence-corrected chi connectivity index (χ1v) is 9.25. The van der Waals surface area contributed by atoms with Gasteiger partial charge >= 0.3 is 0 Å². The summed E-state index contributed by atoms with van der Waals surface area (Å²) >= 11 is 0. The number of aryl methyl sites for hydroxylation is 1. The fourth-order valence-electron chi connectivity index (χ4n) is 3.74. The number of carbonyl (C=O) groups excluding carboxylic acids is 1. The molecule has 1 aromatic carbocycles. The number of nitrogens with one attached hydrogen (secondary N) is 1. The second kappa shape index (κ2) is 6.65. The van der Waals surface area contributed by atoms with Crippen molar-refractivity contribution in [2.75, 3.05) is 36.5 Å². The van der Waals surface area contributed by atoms with Crippen LogP contribution in [0.5, 0.6) is 0 Å². The number of benzene rings is 1. The van der Waals surface area contributed by atoms with Crippen LogP contribution in [0.3, 0.4) is 0 Å². The smallest absolute Gasteiger partial charge is 0.275 e. The van der Waals surface area contributed by atoms with Gasteiger partial charge in [0.15, 0.2) is 5.82 Å². The van der Waals surface area contributed by atoms with Crippen LogP contribution in [-0.4, -0.2) is 51.6 Å². The number of ether oxygens (including phenoxy) is 1. The lowest BCUT2D eigenvalue weighted by atomic mass is 10.1. The SMILES string of the molecule is Cn1nc(NC(=O)c2cccc3ccnn23)c2c(N3CCOCC3)cccc21. The van der Waals surface area contributed by atoms with Crippen molar-refractivity contribution in [1.29, 1.82) is 0 Å². The molecule has 4 heterocycles. The van der Waals surface area contributed by atoms with Crippen LogP contribution in [0.1, 0.15) is 10.5 Å². The Kier molecular flexibility index (Phi) is 3.98. The van der Waals surface area contributed by atoms with Gasteiger partial charge in [-0.2, -0.15) is 10.2 Å². The number of aromatic nitrogens is 4. The van der Waals surface area contributed by atoms with Gasteiger partial charge < -0.3 is 15.0 Å². The Hall–Kier alpha value is -3.39. The zero-order chi connectivity index (χ0) is 19.1. The monoisotopic (exact) mass is 376 g/mol. The molecule has 1 amide bonds. The van der Waals surface area contributed by atoms with Crippen LogP contribution in [0.15, 0.2) is 48.7 Å². The molecule has 0 atom stereocenters. The molecule has 0 bridgehead atoms. The molecule has 1 aliphatic rings. The Morgan fingerprint density at radius 1 is 1.11 bits per heavy atom. The Balaban J connectivity index is 1.57. The van der Waals surface area contributed by atoms with Gasteiger partial charge in [-0.15, -0.1) is 0 Å². The van der Waals surface area contributed by atoms with Crippen molar-refractivity contribution in [3.8, 4) is 0 Å². The van der Waals surface area contributed by atoms with Crippen LogP contribution in [0.25, 0.3) is 16.4 Å². The maximum Gasteiger partial charge on any atom is 0.275 e. The third-order valence-corrected chi connectivity index (χ3v) is 5.09. The number of fused-ring (bicyclic) bond motifs is 2. The summed E-state index contributed by atoms with van der Waals surface area (Å²) in [5.74, 6) is 0.305. The van der Waals surface area contributed by atoms with E-state index in [1.54, 1.807) is 21.5 Å². The van der Waals surface area contributed by atoms with Gasteiger partial charge in [0.2, 0.25) is 0 Å². The van der Waals surface area contributed by atoms with Crippen molar-refractivity contribution in [2.45, 2.75) is 0 Å². The fourth-order valence-corrected chi connectivity index (χ4v) is 3.74. The van der Waals surface area contributed by atoms with E-state index in [4.69, 9.17) is 4.74 Å². The van der Waals surface area contributed by atoms with E-state index in [2.05, 4.69) is 26.5 Å². The average Bonchev–Trinajstić information content (AvgIpc) is 3.33. The maximum absolute atomic E-state index is 13.0. The lowest BCUT2D eigenvalue weighted by Gasteiger charge is -2.29. The highest BCUT2D eigenvalue weighted by atomic mass is 16.5. The third kappa shape index (κ3) is 2.69. The third-order valence-electron chi connectivity index (χ3n) is 5.09. The van der Waals surface area contributed by atoms with Crippen LogP contribution in [0.2, 0.25) is 0 Å². The number of nitrogens with zero attached hydrogens (tertiary/aromatic N) is 5. The number of amides is 1. The van der Waals surface area contributed by atoms with Crippen molar-refractivity contribution < 1.29 is 9.53 Å². The van der Waals surface area contributed by atoms with E-state index < -0.39 is 0 Å². The van der Waals surface area contributed by atoms with E-state index in [0.29, 0.717) is 24.7 Å². The predicted octanol–water partition coefficient (Wildman–Crippen LogP) is 2.31. The van der Waals surface area contributed by atoms with Crippen LogP contribution >= 0.6 is 0 Å². The van der Waals surface area contributed by atoms with Crippen LogP contribution in [0.4, 0.5) is 11.5 Å². The minimum absolute atomic E-state index is 0.244. The van der Waals surface area contributed by atoms with Crippen molar-refractivity contribution in [1.82, 2.24) is 19.4 Å². The Labute approximate surface area is 161 Å². The van der Waals surface area contributed by atoms with E-state index in [1.165, 1.54) is 0 Å². The summed E-state index contributed by atoms with van der Waals surface area (Å²) < 4.78 is 8.91. The van der Waals surface area contributed by atoms with Gasteiger partial charge in [0.1, 0.15) is 5.69 Å². The van der Waals surface area contributed by atoms with Crippen molar-refractivity contribution in [2.24, 2.45) is 7.05 Å². The molecule has 1 N–H and O–H groups in total. The van der Waals surface area contributed by atoms with Crippen molar-refractivity contribution in [3.63, 3.8) is 0 Å². The first-order chi connectivity index (χ1) is 13.7. The summed E-state index contributed by atoms with van der Waals surface area (Å²) in [7, 11) is 1.88. The minimum atomic E-state index is -0.244. The fraction of sp³-hybridized carbons (Fsp3) is 0.250. The van der Waals surface area contributed by atoms with Gasteiger partial charge in [-0.1, -0.05) is 12.1 Å². The van der Waals surface area contributed by atoms with Crippen molar-refractivity contribution in [3.05, 3.63) is 54.4 Å². The zero-order valence-corrected chi connectivity index (χ0v) is 15.5. The van der Waals surface area contributed by atoms with Crippen LogP contribution in [0, 0.1) is 0 Å². The molecule has 1 aliphatic heterocycles. The quantitative estimate of drug-likeness (QED) is 0.594. The molecule has 0 saturated carbocycles. The second-order valence-corrected chi connectivity index (χ2v) is 6.78. The van der Waals surface area contributed by atoms with Crippen molar-refractivity contribution >= 4 is 33.8 Å². The van der Waals surface area contributed by atoms with Gasteiger partial charge in [-0.05, 0) is 30.3 Å². The first kappa shape index (κ1) is 16.8. The van der Waals surface area contributed by atoms with Gasteiger partial charge in [0.05, 0.1) is 41.5 Å². The summed E-state index contributed by atoms with van der Waals surface area (Å²) in [5.41, 5.74) is 3.36. The zero-order valence-electron chi connectivity index (χ0n) is 15.5. The van der Waals surface area contributed by atoms with E-state index in [-0.39, 0.29) is 5.91 Å². The van der Waals surface area contributed by atoms with E-state index in [0.717, 1.165) is 35.2 Å². The van der Waals surface area contributed by atoms with E-state index in [9.17, 15) is 4.79 Å². The summed E-state index contributed by atoms with van der Waals surface area (Å²) in [5, 5.41) is 12.8. The molecule has 4 aromatic rings. The maximum atomic E-state index is 13.0. The normalized spacial score (nSPS) is 14.7. The summed E-state index contributed by atoms with van der Waals surface area (Å²) in [6.07, 6.45) is 1.68. The molecule has 5 rings (SSSR count).